The van der Waals surface area contributed by atoms with Gasteiger partial charge in [0.1, 0.15) is 11.3 Å². The Hall–Kier alpha value is -4.46. The van der Waals surface area contributed by atoms with Gasteiger partial charge in [-0.05, 0) is 48.0 Å². The molecular formula is C27H22O8. The van der Waals surface area contributed by atoms with E-state index in [9.17, 15) is 14.7 Å². The zero-order chi connectivity index (χ0) is 24.5. The average Bonchev–Trinajstić information content (AvgIpc) is 3.35. The Balaban J connectivity index is 1.64. The molecule has 0 amide bonds. The van der Waals surface area contributed by atoms with E-state index in [2.05, 4.69) is 0 Å². The van der Waals surface area contributed by atoms with E-state index < -0.39 is 11.5 Å². The zero-order valence-corrected chi connectivity index (χ0v) is 19.1. The molecule has 1 N–H and O–H groups in total. The lowest BCUT2D eigenvalue weighted by molar-refractivity contribution is 0.0976. The van der Waals surface area contributed by atoms with Crippen LogP contribution < -0.4 is 24.6 Å². The second-order valence-corrected chi connectivity index (χ2v) is 8.01. The number of benzene rings is 3. The smallest absolute Gasteiger partial charge is 0.343 e. The summed E-state index contributed by atoms with van der Waals surface area (Å²) in [5, 5.41) is 11.5. The predicted molar refractivity (Wildman–Crippen MR) is 127 cm³/mol. The molecule has 8 heteroatoms. The van der Waals surface area contributed by atoms with Crippen molar-refractivity contribution in [3.05, 3.63) is 87.8 Å². The fraction of sp³-hybridized carbons (Fsp3) is 0.185. The average molecular weight is 474 g/mol. The van der Waals surface area contributed by atoms with Crippen molar-refractivity contribution in [1.82, 2.24) is 0 Å². The number of carbonyl (C=O) groups excluding carboxylic acids is 1. The van der Waals surface area contributed by atoms with E-state index in [-0.39, 0.29) is 35.9 Å². The Morgan fingerprint density at radius 2 is 1.74 bits per heavy atom. The van der Waals surface area contributed by atoms with E-state index in [1.807, 2.05) is 0 Å². The summed E-state index contributed by atoms with van der Waals surface area (Å²) in [4.78, 5) is 26.5. The minimum absolute atomic E-state index is 0.00925. The Kier molecular flexibility index (Phi) is 5.78. The molecule has 0 aliphatic carbocycles. The number of methoxy groups -OCH3 is 2. The number of ketones is 1. The monoisotopic (exact) mass is 474 g/mol. The summed E-state index contributed by atoms with van der Waals surface area (Å²) in [5.74, 6) is 0.651. The van der Waals surface area contributed by atoms with Gasteiger partial charge in [0.05, 0.1) is 25.2 Å². The number of rotatable bonds is 7. The molecule has 8 nitrogen and oxygen atoms in total. The van der Waals surface area contributed by atoms with Crippen molar-refractivity contribution < 1.29 is 33.3 Å². The van der Waals surface area contributed by atoms with Gasteiger partial charge in [-0.1, -0.05) is 18.2 Å². The Morgan fingerprint density at radius 3 is 2.54 bits per heavy atom. The molecular weight excluding hydrogens is 452 g/mol. The summed E-state index contributed by atoms with van der Waals surface area (Å²) >= 11 is 0. The maximum Gasteiger partial charge on any atom is 0.343 e. The second kappa shape index (κ2) is 9.06. The highest BCUT2D eigenvalue weighted by Gasteiger charge is 2.29. The first-order valence-corrected chi connectivity index (χ1v) is 10.9. The van der Waals surface area contributed by atoms with Gasteiger partial charge in [-0.25, -0.2) is 4.79 Å². The van der Waals surface area contributed by atoms with Gasteiger partial charge in [-0.2, -0.15) is 0 Å². The molecule has 0 unspecified atom stereocenters. The Bertz CT molecular complexity index is 1490. The van der Waals surface area contributed by atoms with Crippen molar-refractivity contribution in [2.24, 2.45) is 0 Å². The van der Waals surface area contributed by atoms with Gasteiger partial charge in [0.2, 0.25) is 6.79 Å². The highest BCUT2D eigenvalue weighted by Crippen LogP contribution is 2.40. The first kappa shape index (κ1) is 22.3. The molecule has 1 aliphatic rings. The lowest BCUT2D eigenvalue weighted by Crippen LogP contribution is -2.18. The molecule has 35 heavy (non-hydrogen) atoms. The number of hydrogen-bond donors (Lipinski definition) is 1. The van der Waals surface area contributed by atoms with Crippen LogP contribution in [0.3, 0.4) is 0 Å². The summed E-state index contributed by atoms with van der Waals surface area (Å²) in [6, 6.07) is 16.7. The number of Topliss-reactive ketones (excluding diaryl/α,β-unsaturated/α-hetero) is 1. The number of para-hydroxylation sites is 1. The molecule has 2 heterocycles. The van der Waals surface area contributed by atoms with Crippen molar-refractivity contribution in [3.63, 3.8) is 0 Å². The summed E-state index contributed by atoms with van der Waals surface area (Å²) in [6.07, 6.45) is -0.119. The highest BCUT2D eigenvalue weighted by atomic mass is 16.7. The Morgan fingerprint density at radius 1 is 0.971 bits per heavy atom. The van der Waals surface area contributed by atoms with Gasteiger partial charge >= 0.3 is 5.63 Å². The number of ether oxygens (including phenoxy) is 4. The lowest BCUT2D eigenvalue weighted by atomic mass is 9.85. The summed E-state index contributed by atoms with van der Waals surface area (Å²) in [5.41, 5.74) is 0.496. The number of hydrogen-bond acceptors (Lipinski definition) is 8. The normalized spacial score (nSPS) is 13.0. The minimum atomic E-state index is -0.825. The van der Waals surface area contributed by atoms with Crippen LogP contribution in [0.2, 0.25) is 0 Å². The number of fused-ring (bicyclic) bond motifs is 2. The van der Waals surface area contributed by atoms with Crippen LogP contribution in [-0.2, 0) is 0 Å². The third kappa shape index (κ3) is 4.03. The van der Waals surface area contributed by atoms with Crippen LogP contribution in [-0.4, -0.2) is 31.9 Å². The van der Waals surface area contributed by atoms with Crippen molar-refractivity contribution in [1.29, 1.82) is 0 Å². The van der Waals surface area contributed by atoms with E-state index >= 15 is 0 Å². The molecule has 1 aliphatic heterocycles. The summed E-state index contributed by atoms with van der Waals surface area (Å²) in [6.45, 7) is 0.0905. The number of aromatic hydroxyl groups is 1. The maximum absolute atomic E-state index is 13.4. The molecule has 0 bridgehead atoms. The topological polar surface area (TPSA) is 104 Å². The molecule has 4 aromatic rings. The zero-order valence-electron chi connectivity index (χ0n) is 19.1. The lowest BCUT2D eigenvalue weighted by Gasteiger charge is -2.20. The van der Waals surface area contributed by atoms with Crippen molar-refractivity contribution in [3.8, 4) is 28.7 Å². The van der Waals surface area contributed by atoms with Crippen LogP contribution in [0.5, 0.6) is 28.7 Å². The van der Waals surface area contributed by atoms with Crippen LogP contribution in [0, 0.1) is 0 Å². The van der Waals surface area contributed by atoms with E-state index in [4.69, 9.17) is 23.4 Å². The third-order valence-electron chi connectivity index (χ3n) is 6.06. The van der Waals surface area contributed by atoms with E-state index in [0.29, 0.717) is 39.5 Å². The molecule has 0 radical (unpaired) electrons. The van der Waals surface area contributed by atoms with Gasteiger partial charge in [0.15, 0.2) is 28.8 Å². The maximum atomic E-state index is 13.4. The Labute approximate surface area is 200 Å². The molecule has 0 fully saturated rings. The molecule has 178 valence electrons. The fourth-order valence-corrected chi connectivity index (χ4v) is 4.28. The quantitative estimate of drug-likeness (QED) is 0.305. The first-order chi connectivity index (χ1) is 17.0. The van der Waals surface area contributed by atoms with Gasteiger partial charge in [-0.15, -0.1) is 0 Å². The van der Waals surface area contributed by atoms with Crippen molar-refractivity contribution in [2.45, 2.75) is 12.3 Å². The van der Waals surface area contributed by atoms with Crippen molar-refractivity contribution >= 4 is 16.8 Å². The molecule has 0 spiro atoms. The van der Waals surface area contributed by atoms with Gasteiger partial charge < -0.3 is 28.5 Å². The van der Waals surface area contributed by atoms with E-state index in [1.165, 1.54) is 14.2 Å². The SMILES string of the molecule is COc1ccc([C@H](CC(=O)c2ccc3c(c2)OCO3)c2c(O)c3ccccc3oc2=O)cc1OC. The molecule has 1 atom stereocenters. The molecule has 1 aromatic heterocycles. The molecule has 3 aromatic carbocycles. The molecule has 0 saturated heterocycles. The largest absolute Gasteiger partial charge is 0.507 e. The van der Waals surface area contributed by atoms with Crippen LogP contribution in [0.1, 0.15) is 33.8 Å². The minimum Gasteiger partial charge on any atom is -0.507 e. The van der Waals surface area contributed by atoms with Crippen LogP contribution >= 0.6 is 0 Å². The summed E-state index contributed by atoms with van der Waals surface area (Å²) < 4.78 is 27.0. The fourth-order valence-electron chi connectivity index (χ4n) is 4.28. The van der Waals surface area contributed by atoms with Crippen molar-refractivity contribution in [2.75, 3.05) is 21.0 Å². The molecule has 0 saturated carbocycles. The van der Waals surface area contributed by atoms with Gasteiger partial charge in [0, 0.05) is 17.9 Å². The van der Waals surface area contributed by atoms with Crippen LogP contribution in [0.4, 0.5) is 0 Å². The van der Waals surface area contributed by atoms with Gasteiger partial charge in [0.25, 0.3) is 0 Å². The van der Waals surface area contributed by atoms with Crippen LogP contribution in [0.25, 0.3) is 11.0 Å². The van der Waals surface area contributed by atoms with Crippen LogP contribution in [0.15, 0.2) is 69.9 Å². The van der Waals surface area contributed by atoms with Gasteiger partial charge in [-0.3, -0.25) is 4.79 Å². The second-order valence-electron chi connectivity index (χ2n) is 8.01. The van der Waals surface area contributed by atoms with E-state index in [0.717, 1.165) is 0 Å². The first-order valence-electron chi connectivity index (χ1n) is 10.9. The predicted octanol–water partition coefficient (Wildman–Crippen LogP) is 4.65. The molecule has 5 rings (SSSR count). The van der Waals surface area contributed by atoms with E-state index in [1.54, 1.807) is 60.7 Å². The number of carbonyl (C=O) groups is 1. The highest BCUT2D eigenvalue weighted by molar-refractivity contribution is 5.98. The summed E-state index contributed by atoms with van der Waals surface area (Å²) in [7, 11) is 3.01. The third-order valence-corrected chi connectivity index (χ3v) is 6.06. The standard InChI is InChI=1S/C27H22O8/c1-31-21-9-7-15(11-23(21)32-2)18(13-19(28)16-8-10-22-24(12-16)34-14-33-22)25-26(29)17-5-3-4-6-20(17)35-27(25)30/h3-12,18,29H,13-14H2,1-2H3/t18-/m0/s1.